The Hall–Kier alpha value is -2.99. The van der Waals surface area contributed by atoms with Crippen LogP contribution in [0.15, 0.2) is 55.0 Å². The maximum Gasteiger partial charge on any atom is 0.204 e. The maximum atomic E-state index is 12.3. The normalized spacial score (nSPS) is 10.4. The number of hydrogen-bond acceptors (Lipinski definition) is 6. The molecule has 0 radical (unpaired) electrons. The number of carbonyl (C=O) groups excluding carboxylic acids is 1. The monoisotopic (exact) mass is 353 g/mol. The lowest BCUT2D eigenvalue weighted by Gasteiger charge is -2.09. The largest absolute Gasteiger partial charge is 0.382 e. The van der Waals surface area contributed by atoms with Crippen LogP contribution in [0.4, 0.5) is 11.5 Å². The van der Waals surface area contributed by atoms with Crippen LogP contribution in [-0.2, 0) is 13.0 Å². The highest BCUT2D eigenvalue weighted by molar-refractivity contribution is 6.30. The average Bonchev–Trinajstić information content (AvgIpc) is 2.62. The van der Waals surface area contributed by atoms with Crippen LogP contribution in [0, 0.1) is 0 Å². The number of anilines is 2. The predicted molar refractivity (Wildman–Crippen MR) is 97.5 cm³/mol. The van der Waals surface area contributed by atoms with E-state index in [-0.39, 0.29) is 18.0 Å². The summed E-state index contributed by atoms with van der Waals surface area (Å²) in [6, 6.07) is 11.4. The Bertz CT molecular complexity index is 883. The first-order valence-corrected chi connectivity index (χ1v) is 8.02. The van der Waals surface area contributed by atoms with Crippen molar-refractivity contribution < 1.29 is 4.79 Å². The number of ketones is 1. The van der Waals surface area contributed by atoms with Gasteiger partial charge in [0.15, 0.2) is 5.82 Å². The zero-order valence-electron chi connectivity index (χ0n) is 13.3. The molecule has 0 amide bonds. The summed E-state index contributed by atoms with van der Waals surface area (Å²) in [5.41, 5.74) is 8.51. The van der Waals surface area contributed by atoms with Crippen LogP contribution >= 0.6 is 11.6 Å². The summed E-state index contributed by atoms with van der Waals surface area (Å²) in [5.74, 6) is 0.461. The van der Waals surface area contributed by atoms with E-state index in [1.807, 2.05) is 36.4 Å². The second-order valence-corrected chi connectivity index (χ2v) is 5.87. The van der Waals surface area contributed by atoms with Gasteiger partial charge in [-0.3, -0.25) is 4.79 Å². The van der Waals surface area contributed by atoms with Crippen molar-refractivity contribution in [3.63, 3.8) is 0 Å². The van der Waals surface area contributed by atoms with E-state index in [4.69, 9.17) is 17.3 Å². The number of nitrogens with one attached hydrogen (secondary N) is 1. The van der Waals surface area contributed by atoms with E-state index in [1.165, 1.54) is 12.4 Å². The highest BCUT2D eigenvalue weighted by Gasteiger charge is 2.10. The topological polar surface area (TPSA) is 93.8 Å². The summed E-state index contributed by atoms with van der Waals surface area (Å²) in [7, 11) is 0. The second kappa shape index (κ2) is 7.72. The number of pyridine rings is 1. The summed E-state index contributed by atoms with van der Waals surface area (Å²) >= 11 is 5.74. The molecule has 0 bridgehead atoms. The lowest BCUT2D eigenvalue weighted by Crippen LogP contribution is -2.09. The Morgan fingerprint density at radius 1 is 1.08 bits per heavy atom. The van der Waals surface area contributed by atoms with Crippen LogP contribution in [0.3, 0.4) is 0 Å². The fourth-order valence-electron chi connectivity index (χ4n) is 2.33. The van der Waals surface area contributed by atoms with Crippen molar-refractivity contribution in [2.45, 2.75) is 13.0 Å². The molecule has 25 heavy (non-hydrogen) atoms. The third-order valence-electron chi connectivity index (χ3n) is 3.55. The van der Waals surface area contributed by atoms with Crippen molar-refractivity contribution in [3.05, 3.63) is 77.0 Å². The van der Waals surface area contributed by atoms with Crippen molar-refractivity contribution in [2.75, 3.05) is 11.1 Å². The quantitative estimate of drug-likeness (QED) is 0.661. The number of aromatic nitrogens is 3. The van der Waals surface area contributed by atoms with Crippen molar-refractivity contribution in [1.29, 1.82) is 0 Å². The molecule has 0 aliphatic rings. The van der Waals surface area contributed by atoms with Gasteiger partial charge in [0.2, 0.25) is 5.78 Å². The average molecular weight is 354 g/mol. The molecule has 3 rings (SSSR count). The first-order chi connectivity index (χ1) is 12.1. The number of rotatable bonds is 6. The molecule has 0 unspecified atom stereocenters. The fraction of sp³-hybridized carbons (Fsp3) is 0.111. The zero-order valence-corrected chi connectivity index (χ0v) is 14.1. The number of benzene rings is 1. The smallest absolute Gasteiger partial charge is 0.204 e. The summed E-state index contributed by atoms with van der Waals surface area (Å²) in [5, 5.41) is 3.64. The molecule has 1 aromatic carbocycles. The van der Waals surface area contributed by atoms with Gasteiger partial charge in [0.1, 0.15) is 5.82 Å². The molecule has 0 saturated carbocycles. The molecule has 0 aliphatic heterocycles. The van der Waals surface area contributed by atoms with Gasteiger partial charge in [-0.1, -0.05) is 35.9 Å². The van der Waals surface area contributed by atoms with E-state index in [9.17, 15) is 4.79 Å². The minimum Gasteiger partial charge on any atom is -0.382 e. The molecule has 0 fully saturated rings. The van der Waals surface area contributed by atoms with Gasteiger partial charge in [0.25, 0.3) is 0 Å². The third kappa shape index (κ3) is 4.51. The fourth-order valence-corrected chi connectivity index (χ4v) is 2.43. The van der Waals surface area contributed by atoms with Crippen molar-refractivity contribution in [3.8, 4) is 0 Å². The van der Waals surface area contributed by atoms with Gasteiger partial charge >= 0.3 is 0 Å². The van der Waals surface area contributed by atoms with Crippen molar-refractivity contribution in [1.82, 2.24) is 15.0 Å². The first kappa shape index (κ1) is 16.9. The molecule has 0 spiro atoms. The van der Waals surface area contributed by atoms with E-state index < -0.39 is 0 Å². The Morgan fingerprint density at radius 2 is 1.84 bits per heavy atom. The summed E-state index contributed by atoms with van der Waals surface area (Å²) in [6.07, 6.45) is 4.71. The molecule has 2 heterocycles. The van der Waals surface area contributed by atoms with Crippen molar-refractivity contribution >= 4 is 28.9 Å². The molecule has 6 nitrogen and oxygen atoms in total. The molecule has 0 saturated heterocycles. The van der Waals surface area contributed by atoms with Gasteiger partial charge in [-0.15, -0.1) is 0 Å². The lowest BCUT2D eigenvalue weighted by atomic mass is 10.1. The highest BCUT2D eigenvalue weighted by Crippen LogP contribution is 2.16. The number of Topliss-reactive ketones (excluding diaryl/α,β-unsaturated/α-hetero) is 1. The zero-order chi connectivity index (χ0) is 17.6. The van der Waals surface area contributed by atoms with E-state index in [1.54, 1.807) is 6.20 Å². The van der Waals surface area contributed by atoms with Crippen LogP contribution in [0.25, 0.3) is 0 Å². The third-order valence-corrected chi connectivity index (χ3v) is 3.74. The summed E-state index contributed by atoms with van der Waals surface area (Å²) in [6.45, 7) is 0.579. The Morgan fingerprint density at radius 3 is 2.60 bits per heavy atom. The molecule has 0 aliphatic carbocycles. The minimum atomic E-state index is -0.154. The molecule has 126 valence electrons. The highest BCUT2D eigenvalue weighted by atomic mass is 35.5. The van der Waals surface area contributed by atoms with Crippen LogP contribution in [-0.4, -0.2) is 20.7 Å². The molecule has 2 aromatic heterocycles. The van der Waals surface area contributed by atoms with Crippen LogP contribution in [0.2, 0.25) is 5.02 Å². The molecule has 3 aromatic rings. The first-order valence-electron chi connectivity index (χ1n) is 7.65. The number of nitrogens with two attached hydrogens (primary N) is 1. The Balaban J connectivity index is 1.66. The van der Waals surface area contributed by atoms with Gasteiger partial charge in [0, 0.05) is 31.6 Å². The predicted octanol–water partition coefficient (Wildman–Crippen LogP) is 3.14. The van der Waals surface area contributed by atoms with Crippen LogP contribution in [0.5, 0.6) is 0 Å². The molecule has 0 atom stereocenters. The number of carbonyl (C=O) groups is 1. The maximum absolute atomic E-state index is 12.3. The summed E-state index contributed by atoms with van der Waals surface area (Å²) < 4.78 is 0. The molecule has 3 N–H and O–H groups in total. The van der Waals surface area contributed by atoms with Gasteiger partial charge in [-0.25, -0.2) is 15.0 Å². The van der Waals surface area contributed by atoms with Gasteiger partial charge in [-0.2, -0.15) is 0 Å². The second-order valence-electron chi connectivity index (χ2n) is 5.43. The number of nitrogen functional groups attached to an aromatic ring is 1. The van der Waals surface area contributed by atoms with E-state index in [2.05, 4.69) is 20.3 Å². The number of nitrogens with zero attached hydrogens (tertiary/aromatic N) is 3. The van der Waals surface area contributed by atoms with E-state index in [0.29, 0.717) is 17.4 Å². The lowest BCUT2D eigenvalue weighted by molar-refractivity contribution is 0.0983. The molecule has 7 heteroatoms. The van der Waals surface area contributed by atoms with Gasteiger partial charge in [-0.05, 0) is 23.3 Å². The number of hydrogen-bond donors (Lipinski definition) is 2. The Kier molecular flexibility index (Phi) is 5.20. The summed E-state index contributed by atoms with van der Waals surface area (Å²) in [4.78, 5) is 24.2. The molecular weight excluding hydrogens is 338 g/mol. The van der Waals surface area contributed by atoms with Crippen LogP contribution in [0.1, 0.15) is 21.7 Å². The van der Waals surface area contributed by atoms with Gasteiger partial charge in [0.05, 0.1) is 10.7 Å². The van der Waals surface area contributed by atoms with Gasteiger partial charge < -0.3 is 11.1 Å². The minimum absolute atomic E-state index is 0.154. The number of halogens is 1. The SMILES string of the molecule is Nc1ncccc1NCc1cccc(CC(=O)c2ncc(Cl)cn2)c1. The van der Waals surface area contributed by atoms with Crippen LogP contribution < -0.4 is 11.1 Å². The Labute approximate surface area is 150 Å². The van der Waals surface area contributed by atoms with E-state index in [0.717, 1.165) is 16.8 Å². The van der Waals surface area contributed by atoms with Crippen molar-refractivity contribution in [2.24, 2.45) is 0 Å². The molecular formula is C18H16ClN5O. The van der Waals surface area contributed by atoms with E-state index >= 15 is 0 Å². The standard InChI is InChI=1S/C18H16ClN5O/c19-14-10-23-18(24-11-14)16(25)8-12-3-1-4-13(7-12)9-22-15-5-2-6-21-17(15)20/h1-7,10-11,22H,8-9H2,(H2,20,21).